The van der Waals surface area contributed by atoms with Gasteiger partial charge in [0.1, 0.15) is 6.54 Å². The molecule has 24 heavy (non-hydrogen) atoms. The van der Waals surface area contributed by atoms with E-state index in [1.54, 1.807) is 0 Å². The maximum Gasteiger partial charge on any atom is 0.307 e. The number of nitrogens with zero attached hydrogens (tertiary/aromatic N) is 1. The summed E-state index contributed by atoms with van der Waals surface area (Å²) in [6, 6.07) is 0. The highest BCUT2D eigenvalue weighted by Crippen LogP contribution is 2.17. The Morgan fingerprint density at radius 1 is 1.04 bits per heavy atom. The van der Waals surface area contributed by atoms with E-state index in [1.807, 2.05) is 21.1 Å². The van der Waals surface area contributed by atoms with E-state index in [4.69, 9.17) is 9.84 Å². The van der Waals surface area contributed by atoms with E-state index in [1.165, 1.54) is 25.7 Å². The largest absolute Gasteiger partial charge is 0.481 e. The normalized spacial score (nSPS) is 14.2. The maximum atomic E-state index is 12.0. The van der Waals surface area contributed by atoms with Crippen molar-refractivity contribution in [3.05, 3.63) is 0 Å². The number of unbranched alkanes of at least 4 members (excludes halogenated alkanes) is 3. The van der Waals surface area contributed by atoms with E-state index in [-0.39, 0.29) is 12.4 Å². The Morgan fingerprint density at radius 2 is 1.62 bits per heavy atom. The monoisotopic (exact) mass is 344 g/mol. The fourth-order valence-corrected chi connectivity index (χ4v) is 2.84. The topological polar surface area (TPSA) is 63.6 Å². The van der Waals surface area contributed by atoms with Crippen LogP contribution in [0.25, 0.3) is 0 Å². The molecule has 0 bridgehead atoms. The van der Waals surface area contributed by atoms with Gasteiger partial charge in [-0.3, -0.25) is 9.59 Å². The number of ether oxygens (including phenoxy) is 1. The van der Waals surface area contributed by atoms with Gasteiger partial charge in [0, 0.05) is 6.42 Å². The number of quaternary nitrogens is 1. The first-order chi connectivity index (χ1) is 11.1. The summed E-state index contributed by atoms with van der Waals surface area (Å²) in [5.74, 6) is -0.485. The zero-order chi connectivity index (χ0) is 18.6. The summed E-state index contributed by atoms with van der Waals surface area (Å²) >= 11 is 0. The second-order valence-electron chi connectivity index (χ2n) is 8.03. The van der Waals surface area contributed by atoms with Crippen molar-refractivity contribution in [1.29, 1.82) is 0 Å². The van der Waals surface area contributed by atoms with Crippen LogP contribution in [0.4, 0.5) is 0 Å². The number of hydrogen-bond acceptors (Lipinski definition) is 3. The number of rotatable bonds is 14. The zero-order valence-corrected chi connectivity index (χ0v) is 16.3. The summed E-state index contributed by atoms with van der Waals surface area (Å²) in [6.07, 6.45) is 7.81. The average Bonchev–Trinajstić information content (AvgIpc) is 2.41. The second kappa shape index (κ2) is 12.3. The third-order valence-electron chi connectivity index (χ3n) is 4.08. The summed E-state index contributed by atoms with van der Waals surface area (Å²) in [6.45, 7) is 5.00. The van der Waals surface area contributed by atoms with Crippen molar-refractivity contribution < 1.29 is 23.9 Å². The van der Waals surface area contributed by atoms with E-state index in [0.29, 0.717) is 23.4 Å². The molecule has 1 N–H and O–H groups in total. The van der Waals surface area contributed by atoms with Crippen molar-refractivity contribution in [3.63, 3.8) is 0 Å². The molecule has 0 fully saturated rings. The van der Waals surface area contributed by atoms with Gasteiger partial charge in [0.05, 0.1) is 27.6 Å². The lowest BCUT2D eigenvalue weighted by Gasteiger charge is -2.28. The van der Waals surface area contributed by atoms with E-state index in [9.17, 15) is 9.59 Å². The first-order valence-electron chi connectivity index (χ1n) is 9.35. The van der Waals surface area contributed by atoms with Gasteiger partial charge >= 0.3 is 11.9 Å². The Kier molecular flexibility index (Phi) is 11.7. The van der Waals surface area contributed by atoms with Crippen molar-refractivity contribution in [2.75, 3.05) is 27.7 Å². The van der Waals surface area contributed by atoms with Crippen LogP contribution in [0.5, 0.6) is 0 Å². The minimum Gasteiger partial charge on any atom is -0.481 e. The molecule has 142 valence electrons. The summed E-state index contributed by atoms with van der Waals surface area (Å²) in [4.78, 5) is 22.9. The van der Waals surface area contributed by atoms with Gasteiger partial charge in [-0.15, -0.1) is 0 Å². The van der Waals surface area contributed by atoms with Crippen LogP contribution < -0.4 is 0 Å². The van der Waals surface area contributed by atoms with E-state index in [2.05, 4.69) is 13.8 Å². The predicted octanol–water partition coefficient (Wildman–Crippen LogP) is 3.86. The van der Waals surface area contributed by atoms with Gasteiger partial charge in [-0.1, -0.05) is 52.4 Å². The van der Waals surface area contributed by atoms with Gasteiger partial charge in [0.25, 0.3) is 0 Å². The Bertz CT molecular complexity index is 363. The summed E-state index contributed by atoms with van der Waals surface area (Å²) in [5.41, 5.74) is 0. The minimum atomic E-state index is -0.929. The molecule has 2 unspecified atom stereocenters. The SMILES string of the molecule is CCCCCC(C)CCCCC(=O)OC(CC(=O)O)C[N+](C)(C)C. The predicted molar refractivity (Wildman–Crippen MR) is 96.8 cm³/mol. The van der Waals surface area contributed by atoms with Crippen LogP contribution in [0.2, 0.25) is 0 Å². The lowest BCUT2D eigenvalue weighted by molar-refractivity contribution is -0.873. The van der Waals surface area contributed by atoms with Crippen molar-refractivity contribution in [1.82, 2.24) is 0 Å². The molecule has 0 radical (unpaired) electrons. The Balaban J connectivity index is 4.01. The van der Waals surface area contributed by atoms with Crippen LogP contribution in [-0.2, 0) is 14.3 Å². The van der Waals surface area contributed by atoms with Crippen LogP contribution in [0.3, 0.4) is 0 Å². The summed E-state index contributed by atoms with van der Waals surface area (Å²) in [5, 5.41) is 8.96. The van der Waals surface area contributed by atoms with Crippen molar-refractivity contribution >= 4 is 11.9 Å². The first kappa shape index (κ1) is 22.9. The molecule has 5 nitrogen and oxygen atoms in total. The van der Waals surface area contributed by atoms with Crippen LogP contribution in [0.15, 0.2) is 0 Å². The van der Waals surface area contributed by atoms with Gasteiger partial charge < -0.3 is 14.3 Å². The number of carbonyl (C=O) groups excluding carboxylic acids is 1. The molecular formula is C19H38NO4+. The molecule has 2 atom stereocenters. The highest BCUT2D eigenvalue weighted by molar-refractivity contribution is 5.71. The molecule has 0 aliphatic rings. The molecule has 0 spiro atoms. The second-order valence-corrected chi connectivity index (χ2v) is 8.03. The standard InChI is InChI=1S/C19H37NO4/c1-6-7-8-11-16(2)12-9-10-13-19(23)24-17(14-18(21)22)15-20(3,4)5/h16-17H,6-15H2,1-5H3/p+1. The number of aliphatic carboxylic acids is 1. The molecule has 5 heteroatoms. The maximum absolute atomic E-state index is 12.0. The van der Waals surface area contributed by atoms with Crippen molar-refractivity contribution in [2.45, 2.75) is 77.7 Å². The number of carboxylic acid groups (broad SMARTS) is 1. The molecule has 0 aliphatic carbocycles. The molecule has 0 rings (SSSR count). The van der Waals surface area contributed by atoms with Crippen LogP contribution in [-0.4, -0.2) is 55.3 Å². The number of carbonyl (C=O) groups is 2. The first-order valence-corrected chi connectivity index (χ1v) is 9.35. The van der Waals surface area contributed by atoms with Gasteiger partial charge in [0.2, 0.25) is 0 Å². The molecule has 0 heterocycles. The smallest absolute Gasteiger partial charge is 0.307 e. The Hall–Kier alpha value is -1.10. The average molecular weight is 345 g/mol. The summed E-state index contributed by atoms with van der Waals surface area (Å²) in [7, 11) is 5.88. The van der Waals surface area contributed by atoms with Gasteiger partial charge in [-0.05, 0) is 12.3 Å². The quantitative estimate of drug-likeness (QED) is 0.295. The van der Waals surface area contributed by atoms with Gasteiger partial charge in [-0.2, -0.15) is 0 Å². The van der Waals surface area contributed by atoms with E-state index < -0.39 is 12.1 Å². The number of likely N-dealkylation sites (N-methyl/N-ethyl adjacent to an activating group) is 1. The molecule has 0 aromatic carbocycles. The van der Waals surface area contributed by atoms with Crippen LogP contribution >= 0.6 is 0 Å². The highest BCUT2D eigenvalue weighted by Gasteiger charge is 2.24. The van der Waals surface area contributed by atoms with E-state index in [0.717, 1.165) is 19.3 Å². The lowest BCUT2D eigenvalue weighted by Crippen LogP contribution is -2.43. The lowest BCUT2D eigenvalue weighted by atomic mass is 9.97. The van der Waals surface area contributed by atoms with Crippen molar-refractivity contribution in [3.8, 4) is 0 Å². The molecular weight excluding hydrogens is 306 g/mol. The third-order valence-corrected chi connectivity index (χ3v) is 4.08. The molecule has 0 aromatic heterocycles. The van der Waals surface area contributed by atoms with Crippen molar-refractivity contribution in [2.24, 2.45) is 5.92 Å². The Labute approximate surface area is 148 Å². The number of carboxylic acids is 1. The molecule has 0 saturated carbocycles. The molecule has 0 saturated heterocycles. The number of hydrogen-bond donors (Lipinski definition) is 1. The minimum absolute atomic E-state index is 0.129. The molecule has 0 aromatic rings. The highest BCUT2D eigenvalue weighted by atomic mass is 16.5. The molecule has 0 amide bonds. The summed E-state index contributed by atoms with van der Waals surface area (Å²) < 4.78 is 5.96. The van der Waals surface area contributed by atoms with Crippen LogP contribution in [0.1, 0.15) is 71.6 Å². The fraction of sp³-hybridized carbons (Fsp3) is 0.895. The van der Waals surface area contributed by atoms with Crippen LogP contribution in [0, 0.1) is 5.92 Å². The van der Waals surface area contributed by atoms with Gasteiger partial charge in [-0.25, -0.2) is 0 Å². The zero-order valence-electron chi connectivity index (χ0n) is 16.3. The Morgan fingerprint density at radius 3 is 2.12 bits per heavy atom. The van der Waals surface area contributed by atoms with Gasteiger partial charge in [0.15, 0.2) is 6.10 Å². The number of esters is 1. The molecule has 0 aliphatic heterocycles. The third kappa shape index (κ3) is 14.5. The fourth-order valence-electron chi connectivity index (χ4n) is 2.84. The van der Waals surface area contributed by atoms with E-state index >= 15 is 0 Å².